The lowest BCUT2D eigenvalue weighted by molar-refractivity contribution is 0.0639. The van der Waals surface area contributed by atoms with Gasteiger partial charge in [-0.1, -0.05) is 6.92 Å². The van der Waals surface area contributed by atoms with E-state index in [0.717, 1.165) is 17.7 Å². The molecule has 0 aliphatic heterocycles. The highest BCUT2D eigenvalue weighted by molar-refractivity contribution is 5.92. The third-order valence-electron chi connectivity index (χ3n) is 4.70. The van der Waals surface area contributed by atoms with Crippen LogP contribution in [0, 0.1) is 0 Å². The first-order valence-corrected chi connectivity index (χ1v) is 9.95. The molecule has 7 heteroatoms. The number of rotatable bonds is 8. The van der Waals surface area contributed by atoms with Gasteiger partial charge in [-0.15, -0.1) is 0 Å². The second-order valence-corrected chi connectivity index (χ2v) is 7.66. The Morgan fingerprint density at radius 2 is 1.86 bits per heavy atom. The van der Waals surface area contributed by atoms with Crippen molar-refractivity contribution >= 4 is 23.3 Å². The summed E-state index contributed by atoms with van der Waals surface area (Å²) in [5, 5.41) is 5.68. The first kappa shape index (κ1) is 22.3. The number of amides is 3. The first-order valence-electron chi connectivity index (χ1n) is 9.95. The number of carbonyl (C=O) groups excluding carboxylic acids is 2. The van der Waals surface area contributed by atoms with E-state index < -0.39 is 0 Å². The smallest absolute Gasteiger partial charge is 0.319 e. The third kappa shape index (κ3) is 6.01. The highest BCUT2D eigenvalue weighted by Gasteiger charge is 2.24. The molecule has 0 spiro atoms. The van der Waals surface area contributed by atoms with Crippen molar-refractivity contribution < 1.29 is 14.0 Å². The molecule has 1 heterocycles. The van der Waals surface area contributed by atoms with Crippen molar-refractivity contribution in [3.63, 3.8) is 0 Å². The van der Waals surface area contributed by atoms with Crippen molar-refractivity contribution in [2.75, 3.05) is 24.3 Å². The van der Waals surface area contributed by atoms with E-state index >= 15 is 0 Å². The van der Waals surface area contributed by atoms with Crippen LogP contribution in [0.5, 0.6) is 0 Å². The minimum absolute atomic E-state index is 0.0310. The van der Waals surface area contributed by atoms with Crippen LogP contribution in [-0.4, -0.2) is 43.0 Å². The Morgan fingerprint density at radius 1 is 1.14 bits per heavy atom. The fraction of sp³-hybridized carbons (Fsp3) is 0.455. The average molecular weight is 401 g/mol. The Hall–Kier alpha value is -2.96. The number of urea groups is 1. The van der Waals surface area contributed by atoms with Gasteiger partial charge in [0.2, 0.25) is 0 Å². The Morgan fingerprint density at radius 3 is 2.41 bits per heavy atom. The SMILES string of the molecule is CC[C@H](C)N(Cc1cc(NC(=O)NC(C)C)ccc1N(C)C)C(=O)c1ccco1. The molecule has 7 nitrogen and oxygen atoms in total. The standard InChI is InChI=1S/C22H32N4O3/c1-7-16(4)26(21(27)20-9-8-12-29-20)14-17-13-18(10-11-19(17)25(5)6)24-22(28)23-15(2)3/h8-13,15-16H,7,14H2,1-6H3,(H2,23,24,28)/t16-/m0/s1. The zero-order chi connectivity index (χ0) is 21.6. The number of nitrogens with zero attached hydrogens (tertiary/aromatic N) is 2. The van der Waals surface area contributed by atoms with Crippen LogP contribution in [0.4, 0.5) is 16.2 Å². The topological polar surface area (TPSA) is 77.8 Å². The van der Waals surface area contributed by atoms with Crippen LogP contribution < -0.4 is 15.5 Å². The van der Waals surface area contributed by atoms with Gasteiger partial charge in [0.05, 0.1) is 6.26 Å². The quantitative estimate of drug-likeness (QED) is 0.692. The van der Waals surface area contributed by atoms with Crippen molar-refractivity contribution in [1.82, 2.24) is 10.2 Å². The molecule has 2 aromatic rings. The largest absolute Gasteiger partial charge is 0.459 e. The van der Waals surface area contributed by atoms with Gasteiger partial charge in [-0.3, -0.25) is 4.79 Å². The van der Waals surface area contributed by atoms with E-state index in [1.54, 1.807) is 17.0 Å². The van der Waals surface area contributed by atoms with Gasteiger partial charge in [0.1, 0.15) is 0 Å². The Balaban J connectivity index is 2.34. The van der Waals surface area contributed by atoms with E-state index in [1.807, 2.05) is 64.9 Å². The van der Waals surface area contributed by atoms with Crippen molar-refractivity contribution in [3.05, 3.63) is 47.9 Å². The summed E-state index contributed by atoms with van der Waals surface area (Å²) in [7, 11) is 3.92. The molecule has 0 fully saturated rings. The summed E-state index contributed by atoms with van der Waals surface area (Å²) in [5.74, 6) is 0.173. The number of carbonyl (C=O) groups is 2. The zero-order valence-electron chi connectivity index (χ0n) is 18.2. The Bertz CT molecular complexity index is 815. The lowest BCUT2D eigenvalue weighted by Gasteiger charge is -2.30. The number of benzene rings is 1. The predicted octanol–water partition coefficient (Wildman–Crippen LogP) is 4.32. The fourth-order valence-corrected chi connectivity index (χ4v) is 3.03. The molecule has 158 valence electrons. The minimum Gasteiger partial charge on any atom is -0.459 e. The van der Waals surface area contributed by atoms with Crippen molar-refractivity contribution in [2.45, 2.75) is 52.7 Å². The van der Waals surface area contributed by atoms with E-state index in [2.05, 4.69) is 10.6 Å². The number of furan rings is 1. The van der Waals surface area contributed by atoms with Gasteiger partial charge in [0, 0.05) is 44.1 Å². The van der Waals surface area contributed by atoms with Crippen LogP contribution in [0.2, 0.25) is 0 Å². The summed E-state index contributed by atoms with van der Waals surface area (Å²) < 4.78 is 5.33. The second-order valence-electron chi connectivity index (χ2n) is 7.66. The molecular weight excluding hydrogens is 368 g/mol. The molecule has 0 unspecified atom stereocenters. The molecule has 0 aliphatic rings. The number of hydrogen-bond donors (Lipinski definition) is 2. The molecule has 0 saturated heterocycles. The number of anilines is 2. The molecule has 0 aliphatic carbocycles. The van der Waals surface area contributed by atoms with Gasteiger partial charge in [0.25, 0.3) is 5.91 Å². The average Bonchev–Trinajstić information content (AvgIpc) is 3.19. The lowest BCUT2D eigenvalue weighted by Crippen LogP contribution is -2.38. The number of hydrogen-bond acceptors (Lipinski definition) is 4. The molecular formula is C22H32N4O3. The molecule has 2 rings (SSSR count). The normalized spacial score (nSPS) is 11.8. The van der Waals surface area contributed by atoms with Gasteiger partial charge in [0.15, 0.2) is 5.76 Å². The Kier molecular flexibility index (Phi) is 7.70. The molecule has 0 saturated carbocycles. The molecule has 1 atom stereocenters. The van der Waals surface area contributed by atoms with Crippen LogP contribution >= 0.6 is 0 Å². The summed E-state index contributed by atoms with van der Waals surface area (Å²) in [6.07, 6.45) is 2.32. The summed E-state index contributed by atoms with van der Waals surface area (Å²) >= 11 is 0. The molecule has 0 bridgehead atoms. The van der Waals surface area contributed by atoms with E-state index in [-0.39, 0.29) is 24.0 Å². The van der Waals surface area contributed by atoms with Gasteiger partial charge < -0.3 is 24.9 Å². The van der Waals surface area contributed by atoms with E-state index in [9.17, 15) is 9.59 Å². The highest BCUT2D eigenvalue weighted by Crippen LogP contribution is 2.26. The summed E-state index contributed by atoms with van der Waals surface area (Å²) in [6, 6.07) is 8.94. The van der Waals surface area contributed by atoms with Crippen LogP contribution in [0.1, 0.15) is 50.2 Å². The lowest BCUT2D eigenvalue weighted by atomic mass is 10.1. The maximum atomic E-state index is 13.0. The third-order valence-corrected chi connectivity index (χ3v) is 4.70. The number of nitrogens with one attached hydrogen (secondary N) is 2. The first-order chi connectivity index (χ1) is 13.7. The minimum atomic E-state index is -0.256. The summed E-state index contributed by atoms with van der Waals surface area (Å²) in [4.78, 5) is 28.9. The molecule has 3 amide bonds. The highest BCUT2D eigenvalue weighted by atomic mass is 16.3. The molecule has 1 aromatic heterocycles. The maximum Gasteiger partial charge on any atom is 0.319 e. The fourth-order valence-electron chi connectivity index (χ4n) is 3.03. The van der Waals surface area contributed by atoms with E-state index in [4.69, 9.17) is 4.42 Å². The predicted molar refractivity (Wildman–Crippen MR) is 116 cm³/mol. The molecule has 1 aromatic carbocycles. The zero-order valence-corrected chi connectivity index (χ0v) is 18.2. The van der Waals surface area contributed by atoms with Gasteiger partial charge >= 0.3 is 6.03 Å². The van der Waals surface area contributed by atoms with Gasteiger partial charge in [-0.05, 0) is 63.1 Å². The van der Waals surface area contributed by atoms with Crippen molar-refractivity contribution in [1.29, 1.82) is 0 Å². The van der Waals surface area contributed by atoms with Crippen LogP contribution in [0.15, 0.2) is 41.0 Å². The van der Waals surface area contributed by atoms with Crippen LogP contribution in [0.3, 0.4) is 0 Å². The Labute approximate surface area is 173 Å². The van der Waals surface area contributed by atoms with Crippen molar-refractivity contribution in [3.8, 4) is 0 Å². The summed E-state index contributed by atoms with van der Waals surface area (Å²) in [6.45, 7) is 8.29. The molecule has 29 heavy (non-hydrogen) atoms. The van der Waals surface area contributed by atoms with Gasteiger partial charge in [-0.2, -0.15) is 0 Å². The van der Waals surface area contributed by atoms with Crippen molar-refractivity contribution in [2.24, 2.45) is 0 Å². The molecule has 0 radical (unpaired) electrons. The van der Waals surface area contributed by atoms with E-state index in [0.29, 0.717) is 18.0 Å². The second kappa shape index (κ2) is 10.0. The monoisotopic (exact) mass is 400 g/mol. The summed E-state index contributed by atoms with van der Waals surface area (Å²) in [5.41, 5.74) is 2.61. The molecule has 2 N–H and O–H groups in total. The van der Waals surface area contributed by atoms with Crippen LogP contribution in [0.25, 0.3) is 0 Å². The maximum absolute atomic E-state index is 13.0. The van der Waals surface area contributed by atoms with E-state index in [1.165, 1.54) is 6.26 Å². The van der Waals surface area contributed by atoms with Crippen LogP contribution in [-0.2, 0) is 6.54 Å². The van der Waals surface area contributed by atoms with Gasteiger partial charge in [-0.25, -0.2) is 4.79 Å².